The molecular formula is C24H22F2N4O2S. The fourth-order valence-electron chi connectivity index (χ4n) is 4.07. The van der Waals surface area contributed by atoms with Gasteiger partial charge in [0.15, 0.2) is 11.6 Å². The maximum atomic E-state index is 14.8. The number of anilines is 2. The number of nitrogens with one attached hydrogen (secondary N) is 1. The maximum absolute atomic E-state index is 14.8. The Kier molecular flexibility index (Phi) is 5.59. The van der Waals surface area contributed by atoms with Gasteiger partial charge in [-0.15, -0.1) is 11.3 Å². The summed E-state index contributed by atoms with van der Waals surface area (Å²) in [6, 6.07) is 14.1. The number of fused-ring (bicyclic) bond motifs is 1. The van der Waals surface area contributed by atoms with Crippen LogP contribution in [0.4, 0.5) is 20.2 Å². The van der Waals surface area contributed by atoms with Crippen molar-refractivity contribution in [1.29, 1.82) is 0 Å². The fraction of sp³-hybridized carbons (Fsp3) is 0.250. The highest BCUT2D eigenvalue weighted by molar-refractivity contribution is 7.20. The smallest absolute Gasteiger partial charge is 0.265 e. The molecule has 33 heavy (non-hydrogen) atoms. The van der Waals surface area contributed by atoms with Crippen LogP contribution in [0.5, 0.6) is 0 Å². The minimum absolute atomic E-state index is 0.137. The summed E-state index contributed by atoms with van der Waals surface area (Å²) in [7, 11) is 0. The number of hydrogen-bond acceptors (Lipinski definition) is 5. The van der Waals surface area contributed by atoms with Crippen molar-refractivity contribution in [3.05, 3.63) is 70.7 Å². The van der Waals surface area contributed by atoms with E-state index in [1.54, 1.807) is 15.6 Å². The monoisotopic (exact) mass is 468 g/mol. The Morgan fingerprint density at radius 3 is 2.58 bits per heavy atom. The van der Waals surface area contributed by atoms with E-state index in [0.29, 0.717) is 30.8 Å². The first-order valence-corrected chi connectivity index (χ1v) is 11.5. The first-order chi connectivity index (χ1) is 15.9. The molecule has 1 aliphatic rings. The summed E-state index contributed by atoms with van der Waals surface area (Å²) in [4.78, 5) is 15.8. The number of amides is 1. The van der Waals surface area contributed by atoms with Gasteiger partial charge in [-0.25, -0.2) is 13.5 Å². The van der Waals surface area contributed by atoms with E-state index in [-0.39, 0.29) is 11.4 Å². The molecule has 9 heteroatoms. The third-order valence-corrected chi connectivity index (χ3v) is 6.99. The summed E-state index contributed by atoms with van der Waals surface area (Å²) < 4.78 is 31.3. The highest BCUT2D eigenvalue weighted by Gasteiger charge is 2.24. The molecule has 5 rings (SSSR count). The number of nitrogens with zero attached hydrogens (tertiary/aromatic N) is 3. The number of aryl methyl sites for hydroxylation is 1. The van der Waals surface area contributed by atoms with Gasteiger partial charge in [0.2, 0.25) is 0 Å². The van der Waals surface area contributed by atoms with E-state index in [1.165, 1.54) is 23.5 Å². The molecule has 1 fully saturated rings. The van der Waals surface area contributed by atoms with Crippen LogP contribution in [0.3, 0.4) is 0 Å². The molecule has 1 aliphatic heterocycles. The van der Waals surface area contributed by atoms with Crippen LogP contribution in [0.25, 0.3) is 15.9 Å². The Hall–Kier alpha value is -3.30. The zero-order valence-electron chi connectivity index (χ0n) is 17.9. The first kappa shape index (κ1) is 21.5. The lowest BCUT2D eigenvalue weighted by Gasteiger charge is -2.31. The standard InChI is InChI=1S/C24H22F2N4O2S/c1-14-17-13-20(33-24(17)30(28-14)15-5-3-2-4-6-15)23(32)27-18-7-8-19(22(26)21(18)25)29-11-9-16(31)10-12-29/h2-8,13,16,31H,9-12H2,1H3,(H,27,32). The summed E-state index contributed by atoms with van der Waals surface area (Å²) >= 11 is 1.24. The Labute approximate surface area is 193 Å². The predicted molar refractivity (Wildman–Crippen MR) is 125 cm³/mol. The van der Waals surface area contributed by atoms with Crippen LogP contribution in [-0.2, 0) is 0 Å². The van der Waals surface area contributed by atoms with Crippen LogP contribution in [0.2, 0.25) is 0 Å². The van der Waals surface area contributed by atoms with Crippen molar-refractivity contribution in [2.24, 2.45) is 0 Å². The molecule has 0 saturated carbocycles. The second-order valence-corrected chi connectivity index (χ2v) is 9.13. The van der Waals surface area contributed by atoms with Crippen LogP contribution in [0.15, 0.2) is 48.5 Å². The molecule has 6 nitrogen and oxygen atoms in total. The van der Waals surface area contributed by atoms with Gasteiger partial charge >= 0.3 is 0 Å². The van der Waals surface area contributed by atoms with Crippen molar-refractivity contribution < 1.29 is 18.7 Å². The number of benzene rings is 2. The molecule has 1 amide bonds. The van der Waals surface area contributed by atoms with Crippen molar-refractivity contribution in [3.63, 3.8) is 0 Å². The zero-order valence-corrected chi connectivity index (χ0v) is 18.7. The summed E-state index contributed by atoms with van der Waals surface area (Å²) in [5, 5.41) is 17.5. The average molecular weight is 469 g/mol. The number of aliphatic hydroxyl groups is 1. The Bertz CT molecular complexity index is 1330. The van der Waals surface area contributed by atoms with Crippen molar-refractivity contribution in [1.82, 2.24) is 9.78 Å². The Morgan fingerprint density at radius 1 is 1.12 bits per heavy atom. The van der Waals surface area contributed by atoms with Gasteiger partial charge < -0.3 is 15.3 Å². The molecule has 0 radical (unpaired) electrons. The first-order valence-electron chi connectivity index (χ1n) is 10.7. The molecule has 170 valence electrons. The summed E-state index contributed by atoms with van der Waals surface area (Å²) in [5.74, 6) is -2.61. The lowest BCUT2D eigenvalue weighted by molar-refractivity contribution is 0.103. The summed E-state index contributed by atoms with van der Waals surface area (Å²) in [5.41, 5.74) is 1.57. The van der Waals surface area contributed by atoms with E-state index in [2.05, 4.69) is 10.4 Å². The number of hydrogen-bond donors (Lipinski definition) is 2. The minimum Gasteiger partial charge on any atom is -0.393 e. The molecule has 0 atom stereocenters. The molecule has 0 unspecified atom stereocenters. The summed E-state index contributed by atoms with van der Waals surface area (Å²) in [6.45, 7) is 2.76. The van der Waals surface area contributed by atoms with Gasteiger partial charge in [0.25, 0.3) is 5.91 Å². The molecule has 2 aromatic heterocycles. The van der Waals surface area contributed by atoms with E-state index in [9.17, 15) is 18.7 Å². The minimum atomic E-state index is -1.10. The van der Waals surface area contributed by atoms with Crippen molar-refractivity contribution >= 4 is 38.8 Å². The van der Waals surface area contributed by atoms with E-state index in [4.69, 9.17) is 0 Å². The maximum Gasteiger partial charge on any atom is 0.265 e. The zero-order chi connectivity index (χ0) is 23.1. The van der Waals surface area contributed by atoms with Crippen molar-refractivity contribution in [2.45, 2.75) is 25.9 Å². The van der Waals surface area contributed by atoms with Crippen LogP contribution in [0.1, 0.15) is 28.2 Å². The van der Waals surface area contributed by atoms with Crippen molar-refractivity contribution in [2.75, 3.05) is 23.3 Å². The highest BCUT2D eigenvalue weighted by atomic mass is 32.1. The van der Waals surface area contributed by atoms with Gasteiger partial charge in [-0.3, -0.25) is 4.79 Å². The molecule has 1 saturated heterocycles. The van der Waals surface area contributed by atoms with E-state index in [1.807, 2.05) is 37.3 Å². The van der Waals surface area contributed by atoms with Gasteiger partial charge in [-0.05, 0) is 50.1 Å². The van der Waals surface area contributed by atoms with Gasteiger partial charge in [-0.2, -0.15) is 5.10 Å². The second kappa shape index (κ2) is 8.57. The third-order valence-electron chi connectivity index (χ3n) is 5.88. The molecule has 4 aromatic rings. The molecule has 2 aromatic carbocycles. The lowest BCUT2D eigenvalue weighted by Crippen LogP contribution is -2.36. The van der Waals surface area contributed by atoms with Gasteiger partial charge in [0.1, 0.15) is 4.83 Å². The SMILES string of the molecule is Cc1nn(-c2ccccc2)c2sc(C(=O)Nc3ccc(N4CCC(O)CC4)c(F)c3F)cc12. The number of aliphatic hydroxyl groups excluding tert-OH is 1. The Balaban J connectivity index is 1.40. The normalized spacial score (nSPS) is 14.7. The molecule has 3 heterocycles. The third kappa shape index (κ3) is 3.98. The van der Waals surface area contributed by atoms with Crippen LogP contribution >= 0.6 is 11.3 Å². The lowest BCUT2D eigenvalue weighted by atomic mass is 10.1. The van der Waals surface area contributed by atoms with Crippen LogP contribution in [-0.4, -0.2) is 40.0 Å². The Morgan fingerprint density at radius 2 is 1.85 bits per heavy atom. The number of para-hydroxylation sites is 1. The van der Waals surface area contributed by atoms with Crippen LogP contribution < -0.4 is 10.2 Å². The van der Waals surface area contributed by atoms with E-state index < -0.39 is 23.6 Å². The quantitative estimate of drug-likeness (QED) is 0.448. The largest absolute Gasteiger partial charge is 0.393 e. The van der Waals surface area contributed by atoms with Gasteiger partial charge in [0, 0.05) is 18.5 Å². The van der Waals surface area contributed by atoms with Crippen molar-refractivity contribution in [3.8, 4) is 5.69 Å². The average Bonchev–Trinajstić information content (AvgIpc) is 3.39. The predicted octanol–water partition coefficient (Wildman–Crippen LogP) is 4.89. The number of halogens is 2. The topological polar surface area (TPSA) is 70.4 Å². The molecule has 0 spiro atoms. The number of carbonyl (C=O) groups is 1. The molecule has 2 N–H and O–H groups in total. The number of piperidine rings is 1. The number of thiophene rings is 1. The molecule has 0 aliphatic carbocycles. The number of rotatable bonds is 4. The van der Waals surface area contributed by atoms with E-state index >= 15 is 0 Å². The molecular weight excluding hydrogens is 446 g/mol. The number of aromatic nitrogens is 2. The fourth-order valence-corrected chi connectivity index (χ4v) is 5.15. The van der Waals surface area contributed by atoms with E-state index in [0.717, 1.165) is 21.6 Å². The van der Waals surface area contributed by atoms with Gasteiger partial charge in [-0.1, -0.05) is 18.2 Å². The number of carbonyl (C=O) groups excluding carboxylic acids is 1. The van der Waals surface area contributed by atoms with Gasteiger partial charge in [0.05, 0.1) is 33.7 Å². The molecule has 0 bridgehead atoms. The summed E-state index contributed by atoms with van der Waals surface area (Å²) in [6.07, 6.45) is 0.600. The highest BCUT2D eigenvalue weighted by Crippen LogP contribution is 2.32. The van der Waals surface area contributed by atoms with Crippen LogP contribution in [0, 0.1) is 18.6 Å². The second-order valence-electron chi connectivity index (χ2n) is 8.09.